The van der Waals surface area contributed by atoms with Crippen LogP contribution in [0.15, 0.2) is 35.9 Å². The first-order valence-corrected chi connectivity index (χ1v) is 11.3. The van der Waals surface area contributed by atoms with Gasteiger partial charge >= 0.3 is 0 Å². The molecule has 2 nitrogen and oxygen atoms in total. The maximum absolute atomic E-state index is 11.1. The highest BCUT2D eigenvalue weighted by Crippen LogP contribution is 2.56. The molecule has 2 atom stereocenters. The average molecular weight is 381 g/mol. The molecule has 1 fully saturated rings. The number of phenols is 1. The number of aromatic hydroxyl groups is 1. The highest BCUT2D eigenvalue weighted by molar-refractivity contribution is 5.55. The van der Waals surface area contributed by atoms with Gasteiger partial charge in [0.25, 0.3) is 0 Å². The Morgan fingerprint density at radius 2 is 2.04 bits per heavy atom. The second kappa shape index (κ2) is 7.28. The van der Waals surface area contributed by atoms with Gasteiger partial charge in [0.2, 0.25) is 0 Å². The minimum Gasteiger partial charge on any atom is -0.508 e. The first-order valence-electron chi connectivity index (χ1n) is 11.3. The van der Waals surface area contributed by atoms with Crippen LogP contribution in [0.1, 0.15) is 96.1 Å². The van der Waals surface area contributed by atoms with Gasteiger partial charge in [-0.05, 0) is 70.6 Å². The zero-order valence-electron chi connectivity index (χ0n) is 18.1. The van der Waals surface area contributed by atoms with Gasteiger partial charge in [0.05, 0.1) is 0 Å². The number of phenolic OH excluding ortho intramolecular Hbond substituents is 1. The topological polar surface area (TPSA) is 29.5 Å². The lowest BCUT2D eigenvalue weighted by molar-refractivity contribution is 0.00736. The van der Waals surface area contributed by atoms with Crippen molar-refractivity contribution in [3.8, 4) is 11.5 Å². The Bertz CT molecular complexity index is 795. The molecule has 0 aromatic heterocycles. The van der Waals surface area contributed by atoms with Crippen molar-refractivity contribution in [1.29, 1.82) is 0 Å². The van der Waals surface area contributed by atoms with E-state index in [9.17, 15) is 5.11 Å². The lowest BCUT2D eigenvalue weighted by Gasteiger charge is -2.48. The molecule has 152 valence electrons. The summed E-state index contributed by atoms with van der Waals surface area (Å²) in [7, 11) is 0. The number of hydrogen-bond acceptors (Lipinski definition) is 2. The van der Waals surface area contributed by atoms with Gasteiger partial charge in [-0.15, -0.1) is 0 Å². The van der Waals surface area contributed by atoms with Crippen LogP contribution in [-0.4, -0.2) is 10.7 Å². The van der Waals surface area contributed by atoms with Gasteiger partial charge < -0.3 is 9.84 Å². The Kier molecular flexibility index (Phi) is 5.10. The molecule has 4 rings (SSSR count). The van der Waals surface area contributed by atoms with Crippen LogP contribution >= 0.6 is 0 Å². The van der Waals surface area contributed by atoms with Gasteiger partial charge in [-0.1, -0.05) is 50.0 Å². The summed E-state index contributed by atoms with van der Waals surface area (Å²) < 4.78 is 6.54. The Morgan fingerprint density at radius 3 is 2.71 bits per heavy atom. The Hall–Kier alpha value is -1.70. The van der Waals surface area contributed by atoms with E-state index < -0.39 is 0 Å². The number of rotatable bonds is 5. The lowest BCUT2D eigenvalue weighted by Crippen LogP contribution is -2.45. The number of fused-ring (bicyclic) bond motifs is 3. The van der Waals surface area contributed by atoms with Gasteiger partial charge in [0.15, 0.2) is 0 Å². The minimum atomic E-state index is -0.205. The molecule has 0 saturated heterocycles. The van der Waals surface area contributed by atoms with E-state index in [1.807, 2.05) is 0 Å². The van der Waals surface area contributed by atoms with E-state index in [1.54, 1.807) is 0 Å². The maximum Gasteiger partial charge on any atom is 0.127 e. The summed E-state index contributed by atoms with van der Waals surface area (Å²) in [5.41, 5.74) is 3.60. The van der Waals surface area contributed by atoms with Crippen molar-refractivity contribution in [2.45, 2.75) is 96.0 Å². The van der Waals surface area contributed by atoms with E-state index in [4.69, 9.17) is 4.74 Å². The van der Waals surface area contributed by atoms with Gasteiger partial charge in [0, 0.05) is 22.8 Å². The summed E-state index contributed by atoms with van der Waals surface area (Å²) in [6.07, 6.45) is 16.4. The SMILES string of the molecule is CCCC/C=C\C1(c2cc(O)c3c(c2)OC(C)(C)[C@@H]2CC=C(C)C[C@@H]32)CCC1. The third kappa shape index (κ3) is 3.29. The number of unbranched alkanes of at least 4 members (excludes halogenated alkanes) is 2. The van der Waals surface area contributed by atoms with Crippen LogP contribution in [0.2, 0.25) is 0 Å². The molecule has 1 aromatic rings. The standard InChI is InChI=1S/C26H36O2/c1-5-6-7-8-12-26(13-9-14-26)19-16-22(27)24-20-15-18(2)10-11-21(20)25(3,4)28-23(24)17-19/h8,10,12,16-17,20-21,27H,5-7,9,11,13-15H2,1-4H3/b12-8-/t20-,21-/m1/s1. The third-order valence-corrected chi connectivity index (χ3v) is 7.49. The summed E-state index contributed by atoms with van der Waals surface area (Å²) in [6.45, 7) is 8.89. The second-order valence-electron chi connectivity index (χ2n) is 9.87. The fraction of sp³-hybridized carbons (Fsp3) is 0.615. The lowest BCUT2D eigenvalue weighted by atomic mass is 9.63. The van der Waals surface area contributed by atoms with Crippen molar-refractivity contribution in [1.82, 2.24) is 0 Å². The van der Waals surface area contributed by atoms with Crippen LogP contribution in [0.3, 0.4) is 0 Å². The molecule has 1 aromatic carbocycles. The molecule has 0 amide bonds. The highest BCUT2D eigenvalue weighted by atomic mass is 16.5. The van der Waals surface area contributed by atoms with Gasteiger partial charge in [0.1, 0.15) is 17.1 Å². The fourth-order valence-corrected chi connectivity index (χ4v) is 5.59. The van der Waals surface area contributed by atoms with Crippen molar-refractivity contribution >= 4 is 0 Å². The normalized spacial score (nSPS) is 27.4. The van der Waals surface area contributed by atoms with Crippen molar-refractivity contribution in [3.05, 3.63) is 47.1 Å². The molecule has 0 radical (unpaired) electrons. The Labute approximate surface area is 170 Å². The molecule has 2 aliphatic carbocycles. The van der Waals surface area contributed by atoms with Crippen LogP contribution in [0.25, 0.3) is 0 Å². The van der Waals surface area contributed by atoms with Crippen LogP contribution in [-0.2, 0) is 5.41 Å². The van der Waals surface area contributed by atoms with Crippen molar-refractivity contribution in [2.75, 3.05) is 0 Å². The molecule has 0 spiro atoms. The molecule has 1 N–H and O–H groups in total. The van der Waals surface area contributed by atoms with E-state index in [0.29, 0.717) is 17.6 Å². The summed E-state index contributed by atoms with van der Waals surface area (Å²) in [4.78, 5) is 0. The number of hydrogen-bond donors (Lipinski definition) is 1. The number of benzene rings is 1. The van der Waals surface area contributed by atoms with Crippen molar-refractivity contribution < 1.29 is 9.84 Å². The largest absolute Gasteiger partial charge is 0.508 e. The van der Waals surface area contributed by atoms with Gasteiger partial charge in [-0.3, -0.25) is 0 Å². The molecule has 0 unspecified atom stereocenters. The molecular weight excluding hydrogens is 344 g/mol. The third-order valence-electron chi connectivity index (χ3n) is 7.49. The van der Waals surface area contributed by atoms with E-state index in [2.05, 4.69) is 58.1 Å². The summed E-state index contributed by atoms with van der Waals surface area (Å²) in [5.74, 6) is 2.15. The Balaban J connectivity index is 1.72. The van der Waals surface area contributed by atoms with Gasteiger partial charge in [-0.25, -0.2) is 0 Å². The highest BCUT2D eigenvalue weighted by Gasteiger charge is 2.46. The summed E-state index contributed by atoms with van der Waals surface area (Å²) in [5, 5.41) is 11.1. The molecule has 1 saturated carbocycles. The van der Waals surface area contributed by atoms with Crippen molar-refractivity contribution in [3.63, 3.8) is 0 Å². The molecule has 0 bridgehead atoms. The first kappa shape index (κ1) is 19.6. The molecule has 3 aliphatic rings. The average Bonchev–Trinajstić information content (AvgIpc) is 2.59. The summed E-state index contributed by atoms with van der Waals surface area (Å²) in [6, 6.07) is 4.30. The predicted molar refractivity (Wildman–Crippen MR) is 116 cm³/mol. The Morgan fingerprint density at radius 1 is 1.25 bits per heavy atom. The van der Waals surface area contributed by atoms with E-state index >= 15 is 0 Å². The fourth-order valence-electron chi connectivity index (χ4n) is 5.59. The molecule has 1 aliphatic heterocycles. The van der Waals surface area contributed by atoms with E-state index in [1.165, 1.54) is 43.2 Å². The van der Waals surface area contributed by atoms with E-state index in [-0.39, 0.29) is 11.0 Å². The van der Waals surface area contributed by atoms with Crippen LogP contribution < -0.4 is 4.74 Å². The number of allylic oxidation sites excluding steroid dienone is 4. The predicted octanol–water partition coefficient (Wildman–Crippen LogP) is 7.17. The smallest absolute Gasteiger partial charge is 0.127 e. The second-order valence-corrected chi connectivity index (χ2v) is 9.87. The van der Waals surface area contributed by atoms with Crippen molar-refractivity contribution in [2.24, 2.45) is 5.92 Å². The first-order chi connectivity index (χ1) is 13.4. The quantitative estimate of drug-likeness (QED) is 0.433. The molecule has 2 heteroatoms. The summed E-state index contributed by atoms with van der Waals surface area (Å²) >= 11 is 0. The maximum atomic E-state index is 11.1. The monoisotopic (exact) mass is 380 g/mol. The zero-order chi connectivity index (χ0) is 19.9. The van der Waals surface area contributed by atoms with Crippen LogP contribution in [0, 0.1) is 5.92 Å². The molecule has 28 heavy (non-hydrogen) atoms. The number of ether oxygens (including phenoxy) is 1. The van der Waals surface area contributed by atoms with Crippen LogP contribution in [0.4, 0.5) is 0 Å². The zero-order valence-corrected chi connectivity index (χ0v) is 18.1. The molecule has 1 heterocycles. The van der Waals surface area contributed by atoms with Gasteiger partial charge in [-0.2, -0.15) is 0 Å². The molecular formula is C26H36O2. The van der Waals surface area contributed by atoms with E-state index in [0.717, 1.165) is 30.6 Å². The minimum absolute atomic E-state index is 0.0903. The van der Waals surface area contributed by atoms with Crippen LogP contribution in [0.5, 0.6) is 11.5 Å².